The van der Waals surface area contributed by atoms with E-state index in [0.717, 1.165) is 16.3 Å². The summed E-state index contributed by atoms with van der Waals surface area (Å²) < 4.78 is 0. The quantitative estimate of drug-likeness (QED) is 0.749. The summed E-state index contributed by atoms with van der Waals surface area (Å²) in [6.07, 6.45) is 0. The number of rotatable bonds is 1. The van der Waals surface area contributed by atoms with Gasteiger partial charge in [-0.2, -0.15) is 0 Å². The van der Waals surface area contributed by atoms with Gasteiger partial charge in [0.05, 0.1) is 0 Å². The van der Waals surface area contributed by atoms with Crippen molar-refractivity contribution in [3.05, 3.63) is 54.4 Å². The van der Waals surface area contributed by atoms with Crippen LogP contribution in [0, 0.1) is 6.92 Å². The van der Waals surface area contributed by atoms with Gasteiger partial charge in [-0.3, -0.25) is 4.79 Å². The molecule has 1 N–H and O–H groups in total. The van der Waals surface area contributed by atoms with Gasteiger partial charge in [0.2, 0.25) is 0 Å². The van der Waals surface area contributed by atoms with E-state index in [2.05, 4.69) is 12.2 Å². The van der Waals surface area contributed by atoms with Crippen molar-refractivity contribution in [2.24, 2.45) is 0 Å². The first kappa shape index (κ1) is 9.71. The summed E-state index contributed by atoms with van der Waals surface area (Å²) in [5.41, 5.74) is 1.66. The van der Waals surface area contributed by atoms with Crippen molar-refractivity contribution in [3.63, 3.8) is 0 Å². The first-order valence-electron chi connectivity index (χ1n) is 4.79. The topological polar surface area (TPSA) is 29.1 Å². The van der Waals surface area contributed by atoms with Crippen LogP contribution < -0.4 is 5.32 Å². The molecule has 0 aliphatic heterocycles. The lowest BCUT2D eigenvalue weighted by Crippen LogP contribution is -2.17. The highest BCUT2D eigenvalue weighted by molar-refractivity contribution is 5.99. The monoisotopic (exact) mass is 198 g/mol. The van der Waals surface area contributed by atoms with E-state index in [1.54, 1.807) is 7.05 Å². The third kappa shape index (κ3) is 1.71. The highest BCUT2D eigenvalue weighted by Crippen LogP contribution is 2.19. The van der Waals surface area contributed by atoms with Gasteiger partial charge in [-0.25, -0.2) is 0 Å². The molecule has 0 aromatic heterocycles. The molecule has 0 aliphatic rings. The van der Waals surface area contributed by atoms with Crippen LogP contribution in [-0.2, 0) is 0 Å². The molecule has 75 valence electrons. The van der Waals surface area contributed by atoms with Crippen LogP contribution in [0.5, 0.6) is 0 Å². The average Bonchev–Trinajstić information content (AvgIpc) is 2.28. The molecule has 0 spiro atoms. The first-order chi connectivity index (χ1) is 7.22. The Hall–Kier alpha value is -1.83. The maximum atomic E-state index is 11.4. The SMILES string of the molecule is [CH2]c1cccc2cc(C(=O)NC)ccc12. The van der Waals surface area contributed by atoms with Crippen molar-refractivity contribution >= 4 is 16.7 Å². The first-order valence-corrected chi connectivity index (χ1v) is 4.79. The summed E-state index contributed by atoms with van der Waals surface area (Å²) in [4.78, 5) is 11.4. The molecule has 2 rings (SSSR count). The minimum absolute atomic E-state index is 0.0636. The molecule has 0 aliphatic carbocycles. The highest BCUT2D eigenvalue weighted by atomic mass is 16.1. The minimum atomic E-state index is -0.0636. The van der Waals surface area contributed by atoms with Crippen molar-refractivity contribution in [2.75, 3.05) is 7.05 Å². The van der Waals surface area contributed by atoms with E-state index in [-0.39, 0.29) is 5.91 Å². The van der Waals surface area contributed by atoms with Crippen LogP contribution >= 0.6 is 0 Å². The molecule has 0 fully saturated rings. The summed E-state index contributed by atoms with van der Waals surface area (Å²) >= 11 is 0. The number of nitrogens with one attached hydrogen (secondary N) is 1. The van der Waals surface area contributed by atoms with Gasteiger partial charge in [-0.15, -0.1) is 0 Å². The van der Waals surface area contributed by atoms with E-state index in [1.165, 1.54) is 0 Å². The van der Waals surface area contributed by atoms with Crippen LogP contribution in [0.1, 0.15) is 15.9 Å². The second-order valence-electron chi connectivity index (χ2n) is 3.43. The second kappa shape index (κ2) is 3.73. The molecule has 1 radical (unpaired) electrons. The van der Waals surface area contributed by atoms with Gasteiger partial charge in [-0.1, -0.05) is 24.3 Å². The van der Waals surface area contributed by atoms with Crippen molar-refractivity contribution in [1.29, 1.82) is 0 Å². The van der Waals surface area contributed by atoms with Crippen molar-refractivity contribution in [2.45, 2.75) is 0 Å². The van der Waals surface area contributed by atoms with Gasteiger partial charge in [0.1, 0.15) is 0 Å². The van der Waals surface area contributed by atoms with Crippen LogP contribution in [0.3, 0.4) is 0 Å². The van der Waals surface area contributed by atoms with Crippen LogP contribution in [0.25, 0.3) is 10.8 Å². The molecule has 0 bridgehead atoms. The maximum Gasteiger partial charge on any atom is 0.251 e. The number of benzene rings is 2. The number of fused-ring (bicyclic) bond motifs is 1. The zero-order valence-corrected chi connectivity index (χ0v) is 8.58. The Balaban J connectivity index is 2.62. The Morgan fingerprint density at radius 1 is 1.27 bits per heavy atom. The lowest BCUT2D eigenvalue weighted by atomic mass is 10.0. The summed E-state index contributed by atoms with van der Waals surface area (Å²) in [6, 6.07) is 11.5. The van der Waals surface area contributed by atoms with Gasteiger partial charge >= 0.3 is 0 Å². The molecule has 0 saturated carbocycles. The number of carbonyl (C=O) groups is 1. The molecule has 2 nitrogen and oxygen atoms in total. The zero-order chi connectivity index (χ0) is 10.8. The summed E-state index contributed by atoms with van der Waals surface area (Å²) in [5.74, 6) is -0.0636. The standard InChI is InChI=1S/C13H12NO/c1-9-4-3-5-10-8-11(13(15)14-2)6-7-12(9)10/h3-8H,1H2,2H3,(H,14,15). The molecule has 2 aromatic rings. The van der Waals surface area contributed by atoms with Crippen molar-refractivity contribution in [1.82, 2.24) is 5.32 Å². The largest absolute Gasteiger partial charge is 0.355 e. The van der Waals surface area contributed by atoms with E-state index in [0.29, 0.717) is 5.56 Å². The lowest BCUT2D eigenvalue weighted by Gasteiger charge is -2.04. The van der Waals surface area contributed by atoms with Crippen LogP contribution in [0.4, 0.5) is 0 Å². The zero-order valence-electron chi connectivity index (χ0n) is 8.58. The summed E-state index contributed by atoms with van der Waals surface area (Å²) in [7, 11) is 1.63. The number of hydrogen-bond acceptors (Lipinski definition) is 1. The van der Waals surface area contributed by atoms with E-state index in [9.17, 15) is 4.79 Å². The van der Waals surface area contributed by atoms with Gasteiger partial charge in [0.15, 0.2) is 0 Å². The Morgan fingerprint density at radius 3 is 2.80 bits per heavy atom. The van der Waals surface area contributed by atoms with E-state index in [1.807, 2.05) is 36.4 Å². The number of hydrogen-bond donors (Lipinski definition) is 1. The van der Waals surface area contributed by atoms with Crippen molar-refractivity contribution < 1.29 is 4.79 Å². The lowest BCUT2D eigenvalue weighted by molar-refractivity contribution is 0.0963. The van der Waals surface area contributed by atoms with E-state index < -0.39 is 0 Å². The summed E-state index contributed by atoms with van der Waals surface area (Å²) in [5, 5.41) is 4.74. The fourth-order valence-corrected chi connectivity index (χ4v) is 1.64. The van der Waals surface area contributed by atoms with Gasteiger partial charge in [0, 0.05) is 12.6 Å². The number of carbonyl (C=O) groups excluding carboxylic acids is 1. The van der Waals surface area contributed by atoms with Crippen LogP contribution in [0.2, 0.25) is 0 Å². The van der Waals surface area contributed by atoms with Gasteiger partial charge < -0.3 is 5.32 Å². The predicted molar refractivity (Wildman–Crippen MR) is 61.8 cm³/mol. The van der Waals surface area contributed by atoms with Crippen molar-refractivity contribution in [3.8, 4) is 0 Å². The smallest absolute Gasteiger partial charge is 0.251 e. The molecule has 15 heavy (non-hydrogen) atoms. The molecular formula is C13H12NO. The molecule has 0 atom stereocenters. The summed E-state index contributed by atoms with van der Waals surface area (Å²) in [6.45, 7) is 3.94. The highest BCUT2D eigenvalue weighted by Gasteiger charge is 2.04. The molecule has 0 unspecified atom stereocenters. The Labute approximate surface area is 88.9 Å². The third-order valence-corrected chi connectivity index (χ3v) is 2.46. The normalized spacial score (nSPS) is 10.3. The predicted octanol–water partition coefficient (Wildman–Crippen LogP) is 2.38. The molecular weight excluding hydrogens is 186 g/mol. The number of amides is 1. The fraction of sp³-hybridized carbons (Fsp3) is 0.0769. The fourth-order valence-electron chi connectivity index (χ4n) is 1.64. The van der Waals surface area contributed by atoms with Gasteiger partial charge in [0.25, 0.3) is 5.91 Å². The second-order valence-corrected chi connectivity index (χ2v) is 3.43. The van der Waals surface area contributed by atoms with Crippen LogP contribution in [0.15, 0.2) is 36.4 Å². The Kier molecular flexibility index (Phi) is 2.42. The Bertz CT molecular complexity index is 517. The van der Waals surface area contributed by atoms with E-state index >= 15 is 0 Å². The third-order valence-electron chi connectivity index (χ3n) is 2.46. The minimum Gasteiger partial charge on any atom is -0.355 e. The molecule has 0 heterocycles. The Morgan fingerprint density at radius 2 is 2.07 bits per heavy atom. The maximum absolute atomic E-state index is 11.4. The van der Waals surface area contributed by atoms with E-state index in [4.69, 9.17) is 0 Å². The average molecular weight is 198 g/mol. The molecule has 2 heteroatoms. The van der Waals surface area contributed by atoms with Crippen LogP contribution in [-0.4, -0.2) is 13.0 Å². The molecule has 1 amide bonds. The molecule has 2 aromatic carbocycles. The van der Waals surface area contributed by atoms with Gasteiger partial charge in [-0.05, 0) is 35.4 Å². The molecule has 0 saturated heterocycles.